The van der Waals surface area contributed by atoms with Gasteiger partial charge in [-0.2, -0.15) is 0 Å². The average Bonchev–Trinajstić information content (AvgIpc) is 2.97. The Bertz CT molecular complexity index is 403. The molecule has 0 aromatic carbocycles. The zero-order valence-corrected chi connectivity index (χ0v) is 10.3. The lowest BCUT2D eigenvalue weighted by molar-refractivity contribution is -0.119. The van der Waals surface area contributed by atoms with Gasteiger partial charge in [0.25, 0.3) is 0 Å². The number of carbonyl (C=O) groups excluding carboxylic acids is 1. The second kappa shape index (κ2) is 4.68. The predicted molar refractivity (Wildman–Crippen MR) is 71.2 cm³/mol. The maximum atomic E-state index is 12.3. The fourth-order valence-electron chi connectivity index (χ4n) is 2.65. The summed E-state index contributed by atoms with van der Waals surface area (Å²) in [6.45, 7) is 5.87. The van der Waals surface area contributed by atoms with Crippen molar-refractivity contribution in [2.45, 2.75) is 6.92 Å². The third-order valence-electron chi connectivity index (χ3n) is 3.48. The number of carbonyl (C=O) groups is 1. The molecule has 0 bridgehead atoms. The predicted octanol–water partition coefficient (Wildman–Crippen LogP) is 2.87. The van der Waals surface area contributed by atoms with Crippen molar-refractivity contribution >= 4 is 5.78 Å². The summed E-state index contributed by atoms with van der Waals surface area (Å²) in [5.41, 5.74) is 2.91. The molecule has 2 fully saturated rings. The molecule has 0 aromatic rings. The zero-order valence-electron chi connectivity index (χ0n) is 10.3. The quantitative estimate of drug-likeness (QED) is 0.686. The van der Waals surface area contributed by atoms with E-state index in [0.717, 1.165) is 28.6 Å². The highest BCUT2D eigenvalue weighted by Gasteiger charge is 2.47. The van der Waals surface area contributed by atoms with Crippen molar-refractivity contribution in [3.8, 4) is 0 Å². The van der Waals surface area contributed by atoms with Crippen LogP contribution < -0.4 is 0 Å². The van der Waals surface area contributed by atoms with Crippen molar-refractivity contribution in [3.05, 3.63) is 86.5 Å². The Labute approximate surface area is 110 Å². The lowest BCUT2D eigenvalue weighted by Gasteiger charge is -2.38. The van der Waals surface area contributed by atoms with Gasteiger partial charge >= 0.3 is 0 Å². The average molecular weight is 234 g/mol. The summed E-state index contributed by atoms with van der Waals surface area (Å²) in [7, 11) is 0. The van der Waals surface area contributed by atoms with Crippen LogP contribution in [0.5, 0.6) is 0 Å². The molecule has 0 aliphatic heterocycles. The standard InChI is InChI=1S/C17H14O/c1-11(2)14-15(12-7-3-4-8-12)16(17(14)18)13-9-5-6-10-13/h3-10,14H,1H2,2H3. The molecule has 0 spiro atoms. The van der Waals surface area contributed by atoms with Gasteiger partial charge in [-0.05, 0) is 63.9 Å². The minimum absolute atomic E-state index is 0.128. The number of hydrogen-bond acceptors (Lipinski definition) is 1. The van der Waals surface area contributed by atoms with Crippen molar-refractivity contribution in [1.82, 2.24) is 0 Å². The zero-order chi connectivity index (χ0) is 12.7. The molecule has 1 heteroatoms. The molecule has 0 heterocycles. The van der Waals surface area contributed by atoms with E-state index in [4.69, 9.17) is 0 Å². The van der Waals surface area contributed by atoms with Crippen LogP contribution in [-0.2, 0) is 4.79 Å². The van der Waals surface area contributed by atoms with Crippen LogP contribution in [0.4, 0.5) is 0 Å². The summed E-state index contributed by atoms with van der Waals surface area (Å²) >= 11 is 0. The molecule has 1 atom stereocenters. The van der Waals surface area contributed by atoms with E-state index in [1.54, 1.807) is 0 Å². The molecular weight excluding hydrogens is 220 g/mol. The molecule has 88 valence electrons. The van der Waals surface area contributed by atoms with E-state index in [9.17, 15) is 4.79 Å². The molecule has 0 aromatic heterocycles. The fourth-order valence-corrected chi connectivity index (χ4v) is 2.65. The Morgan fingerprint density at radius 3 is 2.00 bits per heavy atom. The fraction of sp³-hybridized carbons (Fsp3) is 0.118. The van der Waals surface area contributed by atoms with Crippen molar-refractivity contribution < 1.29 is 4.79 Å². The van der Waals surface area contributed by atoms with Gasteiger partial charge in [0.05, 0.1) is 5.92 Å². The molecule has 0 saturated heterocycles. The molecular formula is C17H14O. The Morgan fingerprint density at radius 1 is 1.00 bits per heavy atom. The van der Waals surface area contributed by atoms with E-state index in [0.29, 0.717) is 0 Å². The van der Waals surface area contributed by atoms with Crippen molar-refractivity contribution in [2.75, 3.05) is 0 Å². The Kier molecular flexibility index (Phi) is 3.17. The largest absolute Gasteiger partial charge is 0.293 e. The molecule has 3 aliphatic carbocycles. The molecule has 2 saturated carbocycles. The number of allylic oxidation sites excluding steroid dienone is 3. The summed E-state index contributed by atoms with van der Waals surface area (Å²) in [5, 5.41) is 0. The van der Waals surface area contributed by atoms with Crippen molar-refractivity contribution in [1.29, 1.82) is 0 Å². The van der Waals surface area contributed by atoms with Gasteiger partial charge in [0.2, 0.25) is 0 Å². The minimum Gasteiger partial charge on any atom is -0.293 e. The highest BCUT2D eigenvalue weighted by Crippen LogP contribution is 2.51. The highest BCUT2D eigenvalue weighted by molar-refractivity contribution is 6.13. The first-order valence-corrected chi connectivity index (χ1v) is 6.08. The summed E-state index contributed by atoms with van der Waals surface area (Å²) < 4.78 is 0. The van der Waals surface area contributed by atoms with Crippen LogP contribution in [-0.4, -0.2) is 5.78 Å². The molecule has 18 heavy (non-hydrogen) atoms. The Morgan fingerprint density at radius 2 is 1.50 bits per heavy atom. The Hall–Kier alpha value is -0.850. The van der Waals surface area contributed by atoms with Gasteiger partial charge in [-0.1, -0.05) is 12.2 Å². The maximum absolute atomic E-state index is 12.3. The van der Waals surface area contributed by atoms with Gasteiger partial charge in [-0.3, -0.25) is 4.79 Å². The van der Waals surface area contributed by atoms with Crippen LogP contribution in [0.3, 0.4) is 0 Å². The van der Waals surface area contributed by atoms with Gasteiger partial charge in [0.15, 0.2) is 5.78 Å². The van der Waals surface area contributed by atoms with Gasteiger partial charge in [0.1, 0.15) is 0 Å². The van der Waals surface area contributed by atoms with E-state index in [2.05, 4.69) is 19.4 Å². The third-order valence-corrected chi connectivity index (χ3v) is 3.48. The monoisotopic (exact) mass is 234 g/mol. The second-order valence-electron chi connectivity index (χ2n) is 4.78. The number of hydrogen-bond donors (Lipinski definition) is 0. The van der Waals surface area contributed by atoms with E-state index in [1.807, 2.05) is 45.4 Å². The third kappa shape index (κ3) is 1.79. The maximum Gasteiger partial charge on any atom is 0.170 e. The van der Waals surface area contributed by atoms with E-state index < -0.39 is 0 Å². The van der Waals surface area contributed by atoms with E-state index in [1.165, 1.54) is 0 Å². The smallest absolute Gasteiger partial charge is 0.170 e. The minimum atomic E-state index is -0.128. The van der Waals surface area contributed by atoms with Gasteiger partial charge < -0.3 is 0 Å². The van der Waals surface area contributed by atoms with Crippen LogP contribution >= 0.6 is 0 Å². The second-order valence-corrected chi connectivity index (χ2v) is 4.78. The molecule has 10 radical (unpaired) electrons. The lowest BCUT2D eigenvalue weighted by atomic mass is 9.63. The molecule has 0 amide bonds. The summed E-state index contributed by atoms with van der Waals surface area (Å²) in [5.74, 6) is 2.23. The van der Waals surface area contributed by atoms with Crippen LogP contribution in [0.25, 0.3) is 0 Å². The first kappa shape index (κ1) is 12.2. The molecule has 1 unspecified atom stereocenters. The first-order valence-electron chi connectivity index (χ1n) is 6.08. The summed E-state index contributed by atoms with van der Waals surface area (Å²) in [6, 6.07) is 0. The van der Waals surface area contributed by atoms with Crippen molar-refractivity contribution in [2.24, 2.45) is 5.92 Å². The summed E-state index contributed by atoms with van der Waals surface area (Å²) in [6.07, 6.45) is 16.0. The van der Waals surface area contributed by atoms with Crippen LogP contribution in [0.15, 0.2) is 23.3 Å². The van der Waals surface area contributed by atoms with Crippen LogP contribution in [0.2, 0.25) is 0 Å². The lowest BCUT2D eigenvalue weighted by Crippen LogP contribution is -2.37. The van der Waals surface area contributed by atoms with Gasteiger partial charge in [0, 0.05) is 17.4 Å². The number of rotatable bonds is 3. The van der Waals surface area contributed by atoms with Crippen LogP contribution in [0.1, 0.15) is 6.92 Å². The number of Topliss-reactive ketones (excluding diaryl/α,β-unsaturated/α-hetero) is 1. The molecule has 3 aliphatic rings. The summed E-state index contributed by atoms with van der Waals surface area (Å²) in [4.78, 5) is 12.3. The highest BCUT2D eigenvalue weighted by atomic mass is 16.1. The van der Waals surface area contributed by atoms with Crippen LogP contribution in [0, 0.1) is 69.1 Å². The SMILES string of the molecule is C=C(C)C1C(=O)C([C]2[CH][CH][CH][CH]2)=C1[C]1[CH][CH][CH][CH]1. The molecule has 1 nitrogen and oxygen atoms in total. The van der Waals surface area contributed by atoms with Gasteiger partial charge in [-0.15, -0.1) is 0 Å². The van der Waals surface area contributed by atoms with E-state index in [-0.39, 0.29) is 11.7 Å². The van der Waals surface area contributed by atoms with Gasteiger partial charge in [-0.25, -0.2) is 0 Å². The topological polar surface area (TPSA) is 17.1 Å². The normalized spacial score (nSPS) is 30.1. The molecule has 3 rings (SSSR count). The number of ketones is 1. The first-order chi connectivity index (χ1) is 8.70. The molecule has 0 N–H and O–H groups in total. The van der Waals surface area contributed by atoms with Crippen molar-refractivity contribution in [3.63, 3.8) is 0 Å². The Balaban J connectivity index is 1.93. The van der Waals surface area contributed by atoms with E-state index >= 15 is 0 Å².